The highest BCUT2D eigenvalue weighted by molar-refractivity contribution is 7.98. The van der Waals surface area contributed by atoms with Gasteiger partial charge in [-0.05, 0) is 69.0 Å². The monoisotopic (exact) mass is 585 g/mol. The van der Waals surface area contributed by atoms with Crippen LogP contribution < -0.4 is 26.4 Å². The largest absolute Gasteiger partial charge is 0.462 e. The molecule has 0 saturated carbocycles. The number of methoxy groups -OCH3 is 1. The predicted molar refractivity (Wildman–Crippen MR) is 145 cm³/mol. The van der Waals surface area contributed by atoms with Crippen LogP contribution in [-0.4, -0.2) is 38.5 Å². The summed E-state index contributed by atoms with van der Waals surface area (Å²) in [5.41, 5.74) is 3.88. The van der Waals surface area contributed by atoms with Crippen LogP contribution in [0.1, 0.15) is 44.4 Å². The molecular formula is C26H34F3N5O5S. The topological polar surface area (TPSA) is 144 Å². The standard InChI is InChI=1S/C26H34F3N5O5S/c1-24(2,3)21(35)39-14-25(4,17-9-7-10-18(12-17)26(27,28)29)33-23(37)34-40-19-11-6-8-16(20(19)30)13-31-22(36)32-15-38-5/h6-12H,13-15,30H2,1-5H3,(H2,31,32,36)(H2,33,34,37). The van der Waals surface area contributed by atoms with E-state index >= 15 is 0 Å². The Hall–Kier alpha value is -3.65. The molecule has 4 amide bonds. The van der Waals surface area contributed by atoms with E-state index in [2.05, 4.69) is 20.7 Å². The van der Waals surface area contributed by atoms with Gasteiger partial charge in [0.25, 0.3) is 0 Å². The van der Waals surface area contributed by atoms with Gasteiger partial charge in [0.2, 0.25) is 0 Å². The minimum absolute atomic E-state index is 0.0328. The number of carbonyl (C=O) groups excluding carboxylic acids is 3. The van der Waals surface area contributed by atoms with Gasteiger partial charge in [-0.25, -0.2) is 9.59 Å². The maximum absolute atomic E-state index is 13.4. The number of anilines is 1. The van der Waals surface area contributed by atoms with Crippen LogP contribution in [0, 0.1) is 5.41 Å². The van der Waals surface area contributed by atoms with Crippen LogP contribution in [-0.2, 0) is 32.5 Å². The van der Waals surface area contributed by atoms with Crippen molar-refractivity contribution in [2.45, 2.75) is 50.9 Å². The Morgan fingerprint density at radius 3 is 2.23 bits per heavy atom. The van der Waals surface area contributed by atoms with Gasteiger partial charge in [-0.3, -0.25) is 9.52 Å². The summed E-state index contributed by atoms with van der Waals surface area (Å²) in [7, 11) is 1.43. The molecule has 0 aliphatic rings. The van der Waals surface area contributed by atoms with Crippen molar-refractivity contribution in [3.05, 3.63) is 59.2 Å². The summed E-state index contributed by atoms with van der Waals surface area (Å²) < 4.78 is 52.9. The van der Waals surface area contributed by atoms with Gasteiger partial charge in [0.05, 0.1) is 27.1 Å². The van der Waals surface area contributed by atoms with E-state index in [1.165, 1.54) is 26.2 Å². The van der Waals surface area contributed by atoms with Crippen LogP contribution in [0.5, 0.6) is 0 Å². The van der Waals surface area contributed by atoms with Crippen LogP contribution >= 0.6 is 11.9 Å². The quantitative estimate of drug-likeness (QED) is 0.120. The zero-order valence-corrected chi connectivity index (χ0v) is 23.6. The molecule has 0 saturated heterocycles. The Balaban J connectivity index is 2.18. The predicted octanol–water partition coefficient (Wildman–Crippen LogP) is 4.50. The zero-order valence-electron chi connectivity index (χ0n) is 22.8. The summed E-state index contributed by atoms with van der Waals surface area (Å²) in [5, 5.41) is 7.72. The number of para-hydroxylation sites is 1. The van der Waals surface area contributed by atoms with E-state index in [0.717, 1.165) is 24.1 Å². The van der Waals surface area contributed by atoms with E-state index < -0.39 is 47.3 Å². The molecule has 2 aromatic rings. The third-order valence-electron chi connectivity index (χ3n) is 5.55. The molecule has 2 rings (SSSR count). The van der Waals surface area contributed by atoms with Gasteiger partial charge in [0.1, 0.15) is 13.3 Å². The normalized spacial score (nSPS) is 13.1. The molecule has 2 aromatic carbocycles. The van der Waals surface area contributed by atoms with E-state index in [-0.39, 0.29) is 18.8 Å². The Bertz CT molecular complexity index is 1210. The summed E-state index contributed by atoms with van der Waals surface area (Å²) in [4.78, 5) is 37.5. The van der Waals surface area contributed by atoms with Crippen molar-refractivity contribution < 1.29 is 37.0 Å². The van der Waals surface area contributed by atoms with E-state index in [9.17, 15) is 27.6 Å². The number of hydrogen-bond acceptors (Lipinski definition) is 7. The average Bonchev–Trinajstić information content (AvgIpc) is 2.88. The lowest BCUT2D eigenvalue weighted by Gasteiger charge is -2.32. The van der Waals surface area contributed by atoms with Crippen molar-refractivity contribution in [2.24, 2.45) is 5.41 Å². The van der Waals surface area contributed by atoms with Gasteiger partial charge in [-0.15, -0.1) is 0 Å². The fourth-order valence-corrected chi connectivity index (χ4v) is 3.88. The summed E-state index contributed by atoms with van der Waals surface area (Å²) in [6, 6.07) is 8.23. The molecular weight excluding hydrogens is 551 g/mol. The molecule has 0 aromatic heterocycles. The van der Waals surface area contributed by atoms with Gasteiger partial charge in [0, 0.05) is 13.7 Å². The number of alkyl halides is 3. The lowest BCUT2D eigenvalue weighted by atomic mass is 9.91. The maximum Gasteiger partial charge on any atom is 0.416 e. The van der Waals surface area contributed by atoms with Crippen molar-refractivity contribution in [1.29, 1.82) is 0 Å². The second kappa shape index (κ2) is 13.6. The first-order valence-electron chi connectivity index (χ1n) is 12.0. The molecule has 0 aliphatic heterocycles. The van der Waals surface area contributed by atoms with Crippen molar-refractivity contribution in [1.82, 2.24) is 20.7 Å². The number of rotatable bonds is 10. The van der Waals surface area contributed by atoms with E-state index in [1.807, 2.05) is 0 Å². The first kappa shape index (κ1) is 32.6. The van der Waals surface area contributed by atoms with Crippen molar-refractivity contribution in [2.75, 3.05) is 26.2 Å². The number of esters is 1. The van der Waals surface area contributed by atoms with Crippen molar-refractivity contribution >= 4 is 35.7 Å². The molecule has 220 valence electrons. The number of urea groups is 2. The summed E-state index contributed by atoms with van der Waals surface area (Å²) in [6.45, 7) is 6.07. The molecule has 0 spiro atoms. The number of nitrogens with one attached hydrogen (secondary N) is 4. The van der Waals surface area contributed by atoms with Gasteiger partial charge in [-0.2, -0.15) is 13.2 Å². The highest BCUT2D eigenvalue weighted by Gasteiger charge is 2.36. The number of ether oxygens (including phenoxy) is 2. The van der Waals surface area contributed by atoms with Gasteiger partial charge in [-0.1, -0.05) is 24.3 Å². The molecule has 0 aliphatic carbocycles. The van der Waals surface area contributed by atoms with Crippen molar-refractivity contribution in [3.63, 3.8) is 0 Å². The van der Waals surface area contributed by atoms with Crippen LogP contribution in [0.15, 0.2) is 47.4 Å². The SMILES string of the molecule is COCNC(=O)NCc1cccc(SNC(=O)NC(C)(COC(=O)C(C)(C)C)c2cccc(C(F)(F)F)c2)c1N. The summed E-state index contributed by atoms with van der Waals surface area (Å²) >= 11 is 0.866. The Morgan fingerprint density at radius 2 is 1.60 bits per heavy atom. The number of carbonyl (C=O) groups is 3. The van der Waals surface area contributed by atoms with Crippen LogP contribution in [0.4, 0.5) is 28.4 Å². The lowest BCUT2D eigenvalue weighted by molar-refractivity contribution is -0.155. The first-order valence-corrected chi connectivity index (χ1v) is 12.9. The maximum atomic E-state index is 13.4. The number of hydrogen-bond donors (Lipinski definition) is 5. The first-order chi connectivity index (χ1) is 18.6. The molecule has 0 fully saturated rings. The Labute approximate surface area is 235 Å². The van der Waals surface area contributed by atoms with Crippen molar-refractivity contribution in [3.8, 4) is 0 Å². The summed E-state index contributed by atoms with van der Waals surface area (Å²) in [6.07, 6.45) is -4.61. The molecule has 14 heteroatoms. The van der Waals surface area contributed by atoms with Crippen LogP contribution in [0.25, 0.3) is 0 Å². The second-order valence-electron chi connectivity index (χ2n) is 10.0. The lowest BCUT2D eigenvalue weighted by Crippen LogP contribution is -2.50. The second-order valence-corrected chi connectivity index (χ2v) is 10.9. The Kier molecular flexibility index (Phi) is 11.1. The molecule has 0 bridgehead atoms. The number of nitrogens with two attached hydrogens (primary N) is 1. The third-order valence-corrected chi connectivity index (χ3v) is 6.41. The molecule has 0 heterocycles. The van der Waals surface area contributed by atoms with E-state index in [1.54, 1.807) is 39.0 Å². The number of halogens is 3. The molecule has 0 radical (unpaired) electrons. The third kappa shape index (κ3) is 9.52. The number of benzene rings is 2. The molecule has 10 nitrogen and oxygen atoms in total. The van der Waals surface area contributed by atoms with Crippen LogP contribution in [0.2, 0.25) is 0 Å². The minimum atomic E-state index is -4.61. The summed E-state index contributed by atoms with van der Waals surface area (Å²) in [5.74, 6) is -0.587. The fourth-order valence-electron chi connectivity index (χ4n) is 3.24. The molecule has 6 N–H and O–H groups in total. The average molecular weight is 586 g/mol. The van der Waals surface area contributed by atoms with E-state index in [4.69, 9.17) is 15.2 Å². The Morgan fingerprint density at radius 1 is 0.950 bits per heavy atom. The minimum Gasteiger partial charge on any atom is -0.462 e. The van der Waals surface area contributed by atoms with Crippen LogP contribution in [0.3, 0.4) is 0 Å². The molecule has 40 heavy (non-hydrogen) atoms. The van der Waals surface area contributed by atoms with E-state index in [0.29, 0.717) is 16.1 Å². The molecule has 1 unspecified atom stereocenters. The number of nitrogen functional groups attached to an aromatic ring is 1. The van der Waals surface area contributed by atoms with Gasteiger partial charge in [0.15, 0.2) is 0 Å². The van der Waals surface area contributed by atoms with Gasteiger partial charge < -0.3 is 31.2 Å². The van der Waals surface area contributed by atoms with Gasteiger partial charge >= 0.3 is 24.2 Å². The smallest absolute Gasteiger partial charge is 0.416 e. The zero-order chi connectivity index (χ0) is 30.1. The fraction of sp³-hybridized carbons (Fsp3) is 0.423. The number of amides is 4. The molecule has 1 atom stereocenters. The highest BCUT2D eigenvalue weighted by atomic mass is 32.2. The highest BCUT2D eigenvalue weighted by Crippen LogP contribution is 2.33.